The lowest BCUT2D eigenvalue weighted by Crippen LogP contribution is -2.89. The second kappa shape index (κ2) is 8.48. The fourth-order valence-corrected chi connectivity index (χ4v) is 2.48. The highest BCUT2D eigenvalue weighted by Gasteiger charge is 2.05. The normalized spacial score (nSPS) is 12.1. The van der Waals surface area contributed by atoms with Gasteiger partial charge in [-0.2, -0.15) is 0 Å². The van der Waals surface area contributed by atoms with Crippen molar-refractivity contribution in [1.82, 2.24) is 0 Å². The van der Waals surface area contributed by atoms with Crippen LogP contribution < -0.4 is 10.1 Å². The topological polar surface area (TPSA) is 25.8 Å². The molecule has 2 N–H and O–H groups in total. The van der Waals surface area contributed by atoms with Gasteiger partial charge >= 0.3 is 0 Å². The van der Waals surface area contributed by atoms with E-state index in [4.69, 9.17) is 4.74 Å². The highest BCUT2D eigenvalue weighted by Crippen LogP contribution is 2.11. The quantitative estimate of drug-likeness (QED) is 0.792. The Hall–Kier alpha value is -1.80. The standard InChI is InChI=1S/C19H25NO/c1-16(8-9-17-6-4-3-5-7-17)20-15-14-18-10-12-19(21-2)13-11-18/h3-7,10-13,16,20H,8-9,14-15H2,1-2H3/p+1/t16-/m1/s1. The van der Waals surface area contributed by atoms with Crippen LogP contribution in [0.25, 0.3) is 0 Å². The lowest BCUT2D eigenvalue weighted by molar-refractivity contribution is -0.686. The summed E-state index contributed by atoms with van der Waals surface area (Å²) in [5.74, 6) is 0.930. The Balaban J connectivity index is 1.65. The second-order valence-corrected chi connectivity index (χ2v) is 5.62. The van der Waals surface area contributed by atoms with Gasteiger partial charge in [0, 0.05) is 12.8 Å². The number of hydrogen-bond acceptors (Lipinski definition) is 1. The molecule has 2 heteroatoms. The molecule has 0 spiro atoms. The van der Waals surface area contributed by atoms with E-state index in [0.717, 1.165) is 18.7 Å². The van der Waals surface area contributed by atoms with Crippen molar-refractivity contribution in [3.05, 3.63) is 65.7 Å². The van der Waals surface area contributed by atoms with Gasteiger partial charge in [-0.25, -0.2) is 0 Å². The summed E-state index contributed by atoms with van der Waals surface area (Å²) in [7, 11) is 1.71. The maximum Gasteiger partial charge on any atom is 0.118 e. The molecule has 0 saturated heterocycles. The lowest BCUT2D eigenvalue weighted by Gasteiger charge is -2.11. The van der Waals surface area contributed by atoms with Gasteiger partial charge in [-0.1, -0.05) is 42.5 Å². The maximum atomic E-state index is 5.18. The number of rotatable bonds is 8. The molecule has 0 aliphatic carbocycles. The molecule has 0 unspecified atom stereocenters. The van der Waals surface area contributed by atoms with Crippen molar-refractivity contribution in [3.63, 3.8) is 0 Å². The minimum Gasteiger partial charge on any atom is -0.497 e. The van der Waals surface area contributed by atoms with Crippen molar-refractivity contribution in [2.75, 3.05) is 13.7 Å². The summed E-state index contributed by atoms with van der Waals surface area (Å²) in [6.45, 7) is 3.46. The number of hydrogen-bond donors (Lipinski definition) is 1. The van der Waals surface area contributed by atoms with Crippen molar-refractivity contribution in [1.29, 1.82) is 0 Å². The van der Waals surface area contributed by atoms with Crippen LogP contribution in [-0.4, -0.2) is 19.7 Å². The zero-order chi connectivity index (χ0) is 14.9. The minimum atomic E-state index is 0.670. The van der Waals surface area contributed by atoms with Crippen molar-refractivity contribution < 1.29 is 10.1 Å². The highest BCUT2D eigenvalue weighted by atomic mass is 16.5. The molecule has 0 aliphatic heterocycles. The number of nitrogens with two attached hydrogens (primary N) is 1. The molecule has 0 fully saturated rings. The Morgan fingerprint density at radius 1 is 0.905 bits per heavy atom. The lowest BCUT2D eigenvalue weighted by atomic mass is 10.1. The van der Waals surface area contributed by atoms with Crippen LogP contribution >= 0.6 is 0 Å². The molecule has 2 aromatic rings. The Morgan fingerprint density at radius 3 is 2.24 bits per heavy atom. The summed E-state index contributed by atoms with van der Waals surface area (Å²) in [6, 6.07) is 19.8. The van der Waals surface area contributed by atoms with E-state index in [9.17, 15) is 0 Å². The van der Waals surface area contributed by atoms with Gasteiger partial charge in [-0.3, -0.25) is 0 Å². The van der Waals surface area contributed by atoms with Crippen LogP contribution in [0.15, 0.2) is 54.6 Å². The van der Waals surface area contributed by atoms with E-state index in [1.165, 1.54) is 24.0 Å². The van der Waals surface area contributed by atoms with Gasteiger partial charge < -0.3 is 10.1 Å². The molecular weight excluding hydrogens is 258 g/mol. The highest BCUT2D eigenvalue weighted by molar-refractivity contribution is 5.27. The molecule has 2 nitrogen and oxygen atoms in total. The van der Waals surface area contributed by atoms with Crippen LogP contribution in [0.2, 0.25) is 0 Å². The van der Waals surface area contributed by atoms with E-state index in [1.807, 2.05) is 12.1 Å². The summed E-state index contributed by atoms with van der Waals surface area (Å²) in [5, 5.41) is 2.45. The molecule has 0 aromatic heterocycles. The molecular formula is C19H26NO+. The summed E-state index contributed by atoms with van der Waals surface area (Å²) >= 11 is 0. The molecule has 0 saturated carbocycles. The summed E-state index contributed by atoms with van der Waals surface area (Å²) in [6.07, 6.45) is 3.51. The first kappa shape index (κ1) is 15.6. The SMILES string of the molecule is COc1ccc(CC[NH2+][C@H](C)CCc2ccccc2)cc1. The first-order chi connectivity index (χ1) is 10.3. The van der Waals surface area contributed by atoms with Gasteiger partial charge in [0.15, 0.2) is 0 Å². The van der Waals surface area contributed by atoms with Crippen LogP contribution in [0.3, 0.4) is 0 Å². The third-order valence-electron chi connectivity index (χ3n) is 3.89. The van der Waals surface area contributed by atoms with E-state index < -0.39 is 0 Å². The van der Waals surface area contributed by atoms with Gasteiger partial charge in [0.2, 0.25) is 0 Å². The molecule has 0 heterocycles. The van der Waals surface area contributed by atoms with Crippen molar-refractivity contribution in [2.45, 2.75) is 32.2 Å². The molecule has 1 atom stereocenters. The molecule has 0 aliphatic rings. The van der Waals surface area contributed by atoms with E-state index in [2.05, 4.69) is 54.7 Å². The maximum absolute atomic E-state index is 5.18. The monoisotopic (exact) mass is 284 g/mol. The number of quaternary nitrogens is 1. The Morgan fingerprint density at radius 2 is 1.57 bits per heavy atom. The van der Waals surface area contributed by atoms with Crippen LogP contribution in [0.1, 0.15) is 24.5 Å². The molecule has 0 amide bonds. The first-order valence-electron chi connectivity index (χ1n) is 7.78. The summed E-state index contributed by atoms with van der Waals surface area (Å²) < 4.78 is 5.18. The largest absolute Gasteiger partial charge is 0.497 e. The molecule has 2 aromatic carbocycles. The van der Waals surface area contributed by atoms with E-state index in [-0.39, 0.29) is 0 Å². The van der Waals surface area contributed by atoms with Gasteiger partial charge in [-0.05, 0) is 36.6 Å². The van der Waals surface area contributed by atoms with Gasteiger partial charge in [0.25, 0.3) is 0 Å². The van der Waals surface area contributed by atoms with Crippen molar-refractivity contribution in [2.24, 2.45) is 0 Å². The van der Waals surface area contributed by atoms with Gasteiger partial charge in [-0.15, -0.1) is 0 Å². The van der Waals surface area contributed by atoms with E-state index in [0.29, 0.717) is 6.04 Å². The van der Waals surface area contributed by atoms with Gasteiger partial charge in [0.1, 0.15) is 5.75 Å². The number of methoxy groups -OCH3 is 1. The fraction of sp³-hybridized carbons (Fsp3) is 0.368. The average molecular weight is 284 g/mol. The van der Waals surface area contributed by atoms with Crippen molar-refractivity contribution in [3.8, 4) is 5.75 Å². The van der Waals surface area contributed by atoms with E-state index in [1.54, 1.807) is 7.11 Å². The van der Waals surface area contributed by atoms with Crippen molar-refractivity contribution >= 4 is 0 Å². The fourth-order valence-electron chi connectivity index (χ4n) is 2.48. The number of benzene rings is 2. The molecule has 21 heavy (non-hydrogen) atoms. The number of ether oxygens (including phenoxy) is 1. The molecule has 112 valence electrons. The summed E-state index contributed by atoms with van der Waals surface area (Å²) in [5.41, 5.74) is 2.82. The molecule has 0 bridgehead atoms. The second-order valence-electron chi connectivity index (χ2n) is 5.62. The Bertz CT molecular complexity index is 507. The summed E-state index contributed by atoms with van der Waals surface area (Å²) in [4.78, 5) is 0. The van der Waals surface area contributed by atoms with Crippen LogP contribution in [-0.2, 0) is 12.8 Å². The van der Waals surface area contributed by atoms with E-state index >= 15 is 0 Å². The Kier molecular flexibility index (Phi) is 6.29. The molecule has 2 rings (SSSR count). The number of aryl methyl sites for hydroxylation is 1. The average Bonchev–Trinajstić information content (AvgIpc) is 2.54. The third-order valence-corrected chi connectivity index (χ3v) is 3.89. The zero-order valence-electron chi connectivity index (χ0n) is 13.1. The first-order valence-corrected chi connectivity index (χ1v) is 7.78. The smallest absolute Gasteiger partial charge is 0.118 e. The van der Waals surface area contributed by atoms with Crippen LogP contribution in [0.5, 0.6) is 5.75 Å². The minimum absolute atomic E-state index is 0.670. The predicted octanol–water partition coefficient (Wildman–Crippen LogP) is 2.82. The third kappa shape index (κ3) is 5.60. The van der Waals surface area contributed by atoms with Crippen LogP contribution in [0.4, 0.5) is 0 Å². The molecule has 0 radical (unpaired) electrons. The van der Waals surface area contributed by atoms with Crippen LogP contribution in [0, 0.1) is 0 Å². The van der Waals surface area contributed by atoms with Gasteiger partial charge in [0.05, 0.1) is 19.7 Å². The Labute approximate surface area is 128 Å². The predicted molar refractivity (Wildman–Crippen MR) is 87.7 cm³/mol. The zero-order valence-corrected chi connectivity index (χ0v) is 13.1.